The predicted molar refractivity (Wildman–Crippen MR) is 105 cm³/mol. The third-order valence-electron chi connectivity index (χ3n) is 4.39. The minimum Gasteiger partial charge on any atom is -0.454 e. The van der Waals surface area contributed by atoms with Crippen molar-refractivity contribution in [2.45, 2.75) is 32.4 Å². The van der Waals surface area contributed by atoms with Gasteiger partial charge in [0.1, 0.15) is 11.5 Å². The van der Waals surface area contributed by atoms with Gasteiger partial charge in [0.15, 0.2) is 5.75 Å². The molecule has 7 nitrogen and oxygen atoms in total. The maximum absolute atomic E-state index is 12.7. The van der Waals surface area contributed by atoms with Crippen LogP contribution in [-0.2, 0) is 6.54 Å². The third kappa shape index (κ3) is 4.80. The van der Waals surface area contributed by atoms with E-state index in [1.165, 1.54) is 6.07 Å². The number of aliphatic hydroxyl groups is 1. The predicted octanol–water partition coefficient (Wildman–Crippen LogP) is 4.58. The lowest BCUT2D eigenvalue weighted by Crippen LogP contribution is -2.26. The number of hydrogen-bond acceptors (Lipinski definition) is 5. The van der Waals surface area contributed by atoms with Crippen LogP contribution in [0.5, 0.6) is 17.2 Å². The summed E-state index contributed by atoms with van der Waals surface area (Å²) in [5, 5.41) is 16.7. The Kier molecular flexibility index (Phi) is 4.89. The molecule has 3 aromatic rings. The van der Waals surface area contributed by atoms with Gasteiger partial charge in [0.2, 0.25) is 0 Å². The molecule has 0 fully saturated rings. The van der Waals surface area contributed by atoms with E-state index in [1.807, 2.05) is 0 Å². The molecule has 4 rings (SSSR count). The van der Waals surface area contributed by atoms with Crippen LogP contribution in [0, 0.1) is 0 Å². The van der Waals surface area contributed by atoms with Gasteiger partial charge >= 0.3 is 6.36 Å². The Balaban J connectivity index is 1.62. The number of fused-ring (bicyclic) bond motifs is 2. The molecule has 2 heterocycles. The maximum atomic E-state index is 12.7. The molecule has 0 bridgehead atoms. The molecule has 10 heteroatoms. The summed E-state index contributed by atoms with van der Waals surface area (Å²) in [6.45, 7) is 3.63. The molecule has 0 unspecified atom stereocenters. The van der Waals surface area contributed by atoms with Gasteiger partial charge in [-0.05, 0) is 43.7 Å². The number of halogens is 3. The Hall–Kier alpha value is -3.53. The second-order valence-electron chi connectivity index (χ2n) is 7.71. The van der Waals surface area contributed by atoms with Gasteiger partial charge in [-0.2, -0.15) is 5.10 Å². The SMILES string of the molecule is CC(C)(O)Cn1cc(-c2ccc3c(c2)C(=O)Nc2cc(OC(F)(F)F)ccc2O3)cn1. The minimum absolute atomic E-state index is 0.0579. The summed E-state index contributed by atoms with van der Waals surface area (Å²) >= 11 is 0. The molecule has 1 amide bonds. The van der Waals surface area contributed by atoms with Crippen molar-refractivity contribution in [2.24, 2.45) is 0 Å². The van der Waals surface area contributed by atoms with Crippen molar-refractivity contribution in [3.63, 3.8) is 0 Å². The van der Waals surface area contributed by atoms with E-state index >= 15 is 0 Å². The summed E-state index contributed by atoms with van der Waals surface area (Å²) in [6, 6.07) is 8.40. The fourth-order valence-electron chi connectivity index (χ4n) is 3.17. The fourth-order valence-corrected chi connectivity index (χ4v) is 3.17. The number of carbonyl (C=O) groups excluding carboxylic acids is 1. The summed E-state index contributed by atoms with van der Waals surface area (Å²) in [5.74, 6) is -0.564. The van der Waals surface area contributed by atoms with Crippen LogP contribution in [0.1, 0.15) is 24.2 Å². The van der Waals surface area contributed by atoms with Crippen LogP contribution in [0.25, 0.3) is 11.1 Å². The summed E-state index contributed by atoms with van der Waals surface area (Å²) in [4.78, 5) is 12.7. The first-order valence-electron chi connectivity index (χ1n) is 9.25. The summed E-state index contributed by atoms with van der Waals surface area (Å²) in [5.41, 5.74) is 0.740. The Morgan fingerprint density at radius 3 is 2.58 bits per heavy atom. The molecule has 1 aromatic heterocycles. The lowest BCUT2D eigenvalue weighted by atomic mass is 10.0. The summed E-state index contributed by atoms with van der Waals surface area (Å²) in [7, 11) is 0. The van der Waals surface area contributed by atoms with E-state index in [-0.39, 0.29) is 22.7 Å². The highest BCUT2D eigenvalue weighted by Gasteiger charge is 2.32. The van der Waals surface area contributed by atoms with E-state index in [4.69, 9.17) is 4.74 Å². The topological polar surface area (TPSA) is 85.6 Å². The first kappa shape index (κ1) is 20.7. The number of benzene rings is 2. The van der Waals surface area contributed by atoms with E-state index in [9.17, 15) is 23.1 Å². The molecule has 0 saturated carbocycles. The molecule has 0 aliphatic carbocycles. The third-order valence-corrected chi connectivity index (χ3v) is 4.39. The molecule has 1 aliphatic rings. The number of aromatic nitrogens is 2. The first-order valence-corrected chi connectivity index (χ1v) is 9.25. The monoisotopic (exact) mass is 433 g/mol. The Labute approximate surface area is 175 Å². The van der Waals surface area contributed by atoms with Gasteiger partial charge in [0.05, 0.1) is 29.6 Å². The second-order valence-corrected chi connectivity index (χ2v) is 7.71. The number of hydrogen-bond donors (Lipinski definition) is 2. The van der Waals surface area contributed by atoms with Gasteiger partial charge in [-0.1, -0.05) is 6.07 Å². The van der Waals surface area contributed by atoms with E-state index in [0.29, 0.717) is 12.1 Å². The first-order chi connectivity index (χ1) is 14.5. The Bertz CT molecular complexity index is 1150. The molecule has 0 atom stereocenters. The lowest BCUT2D eigenvalue weighted by Gasteiger charge is -2.16. The number of ether oxygens (including phenoxy) is 2. The largest absolute Gasteiger partial charge is 0.573 e. The van der Waals surface area contributed by atoms with Gasteiger partial charge in [0.25, 0.3) is 5.91 Å². The summed E-state index contributed by atoms with van der Waals surface area (Å²) < 4.78 is 48.7. The molecule has 0 radical (unpaired) electrons. The number of nitrogens with one attached hydrogen (secondary N) is 1. The zero-order valence-electron chi connectivity index (χ0n) is 16.5. The fraction of sp³-hybridized carbons (Fsp3) is 0.238. The lowest BCUT2D eigenvalue weighted by molar-refractivity contribution is -0.274. The average Bonchev–Trinajstić information content (AvgIpc) is 3.03. The van der Waals surface area contributed by atoms with Gasteiger partial charge in [-0.3, -0.25) is 9.48 Å². The summed E-state index contributed by atoms with van der Waals surface area (Å²) in [6.07, 6.45) is -1.50. The standard InChI is InChI=1S/C21H18F3N3O4/c1-20(2,29)11-27-10-13(9-25-27)12-3-5-17-15(7-12)19(28)26-16-8-14(31-21(22,23)24)4-6-18(16)30-17/h3-10,29H,11H2,1-2H3,(H,26,28). The van der Waals surface area contributed by atoms with Crippen molar-refractivity contribution in [1.29, 1.82) is 0 Å². The molecular weight excluding hydrogens is 415 g/mol. The van der Waals surface area contributed by atoms with Crippen LogP contribution in [0.2, 0.25) is 0 Å². The van der Waals surface area contributed by atoms with Crippen LogP contribution in [0.15, 0.2) is 48.8 Å². The number of carbonyl (C=O) groups is 1. The molecular formula is C21H18F3N3O4. The van der Waals surface area contributed by atoms with Crippen molar-refractivity contribution in [3.05, 3.63) is 54.4 Å². The zero-order valence-corrected chi connectivity index (χ0v) is 16.5. The smallest absolute Gasteiger partial charge is 0.454 e. The van der Waals surface area contributed by atoms with Crippen molar-refractivity contribution in [1.82, 2.24) is 9.78 Å². The van der Waals surface area contributed by atoms with Crippen LogP contribution >= 0.6 is 0 Å². The quantitative estimate of drug-likeness (QED) is 0.629. The number of amides is 1. The zero-order chi connectivity index (χ0) is 22.4. The molecule has 1 aliphatic heterocycles. The molecule has 0 spiro atoms. The van der Waals surface area contributed by atoms with Crippen LogP contribution in [0.4, 0.5) is 18.9 Å². The normalized spacial score (nSPS) is 13.5. The second kappa shape index (κ2) is 7.31. The minimum atomic E-state index is -4.85. The number of nitrogens with zero attached hydrogens (tertiary/aromatic N) is 2. The van der Waals surface area contributed by atoms with Crippen molar-refractivity contribution < 1.29 is 32.5 Å². The van der Waals surface area contributed by atoms with Crippen LogP contribution in [-0.4, -0.2) is 32.8 Å². The van der Waals surface area contributed by atoms with E-state index in [2.05, 4.69) is 15.2 Å². The highest BCUT2D eigenvalue weighted by atomic mass is 19.4. The number of rotatable bonds is 4. The average molecular weight is 433 g/mol. The van der Waals surface area contributed by atoms with Gasteiger partial charge in [-0.15, -0.1) is 13.2 Å². The maximum Gasteiger partial charge on any atom is 0.573 e. The highest BCUT2D eigenvalue weighted by molar-refractivity contribution is 6.08. The highest BCUT2D eigenvalue weighted by Crippen LogP contribution is 2.39. The van der Waals surface area contributed by atoms with Crippen molar-refractivity contribution in [2.75, 3.05) is 5.32 Å². The van der Waals surface area contributed by atoms with Gasteiger partial charge in [-0.25, -0.2) is 0 Å². The van der Waals surface area contributed by atoms with E-state index < -0.39 is 23.6 Å². The van der Waals surface area contributed by atoms with E-state index in [0.717, 1.165) is 17.7 Å². The van der Waals surface area contributed by atoms with Crippen molar-refractivity contribution >= 4 is 11.6 Å². The molecule has 162 valence electrons. The van der Waals surface area contributed by atoms with Crippen molar-refractivity contribution in [3.8, 4) is 28.4 Å². The molecule has 2 aromatic carbocycles. The van der Waals surface area contributed by atoms with Gasteiger partial charge < -0.3 is 19.9 Å². The number of alkyl halides is 3. The van der Waals surface area contributed by atoms with Gasteiger partial charge in [0, 0.05) is 17.8 Å². The van der Waals surface area contributed by atoms with Crippen LogP contribution in [0.3, 0.4) is 0 Å². The van der Waals surface area contributed by atoms with E-state index in [1.54, 1.807) is 49.1 Å². The van der Waals surface area contributed by atoms with Crippen LogP contribution < -0.4 is 14.8 Å². The molecule has 31 heavy (non-hydrogen) atoms. The Morgan fingerprint density at radius 2 is 1.87 bits per heavy atom. The number of anilines is 1. The Morgan fingerprint density at radius 1 is 1.13 bits per heavy atom. The molecule has 2 N–H and O–H groups in total. The molecule has 0 saturated heterocycles.